The molecule has 1 saturated heterocycles. The van der Waals surface area contributed by atoms with E-state index in [-0.39, 0.29) is 11.8 Å². The van der Waals surface area contributed by atoms with Crippen molar-refractivity contribution in [1.82, 2.24) is 4.90 Å². The van der Waals surface area contributed by atoms with E-state index in [1.54, 1.807) is 12.1 Å². The number of carbonyl (C=O) groups excluding carboxylic acids is 3. The summed E-state index contributed by atoms with van der Waals surface area (Å²) in [6.45, 7) is 2.62. The second-order valence-electron chi connectivity index (χ2n) is 5.24. The number of para-hydroxylation sites is 1. The highest BCUT2D eigenvalue weighted by molar-refractivity contribution is 6.39. The summed E-state index contributed by atoms with van der Waals surface area (Å²) in [7, 11) is 0. The highest BCUT2D eigenvalue weighted by Gasteiger charge is 2.29. The van der Waals surface area contributed by atoms with Crippen molar-refractivity contribution < 1.29 is 14.4 Å². The quantitative estimate of drug-likeness (QED) is 0.783. The van der Waals surface area contributed by atoms with Crippen LogP contribution in [0.3, 0.4) is 0 Å². The standard InChI is InChI=1S/C15H19N3O3/c1-10-4-2-3-5-12(10)17-14(20)15(21)18-8-6-11(7-9-18)13(16)19/h2-5,11H,6-9H2,1H3,(H2,16,19)(H,17,20). The third-order valence-corrected chi connectivity index (χ3v) is 3.77. The predicted molar refractivity (Wildman–Crippen MR) is 78.3 cm³/mol. The molecule has 1 aliphatic heterocycles. The average molecular weight is 289 g/mol. The van der Waals surface area contributed by atoms with Crippen molar-refractivity contribution in [2.24, 2.45) is 11.7 Å². The van der Waals surface area contributed by atoms with Crippen LogP contribution in [0.15, 0.2) is 24.3 Å². The molecular weight excluding hydrogens is 270 g/mol. The molecule has 0 aromatic heterocycles. The number of aryl methyl sites for hydroxylation is 1. The lowest BCUT2D eigenvalue weighted by atomic mass is 9.96. The summed E-state index contributed by atoms with van der Waals surface area (Å²) in [5.41, 5.74) is 6.77. The van der Waals surface area contributed by atoms with Gasteiger partial charge < -0.3 is 16.0 Å². The Kier molecular flexibility index (Phi) is 4.57. The van der Waals surface area contributed by atoms with Gasteiger partial charge >= 0.3 is 11.8 Å². The molecular formula is C15H19N3O3. The lowest BCUT2D eigenvalue weighted by Gasteiger charge is -2.30. The summed E-state index contributed by atoms with van der Waals surface area (Å²) < 4.78 is 0. The largest absolute Gasteiger partial charge is 0.369 e. The molecule has 21 heavy (non-hydrogen) atoms. The Bertz CT molecular complexity index is 563. The number of amides is 3. The predicted octanol–water partition coefficient (Wildman–Crippen LogP) is 0.657. The SMILES string of the molecule is Cc1ccccc1NC(=O)C(=O)N1CCC(C(N)=O)CC1. The summed E-state index contributed by atoms with van der Waals surface area (Å²) in [6, 6.07) is 7.27. The van der Waals surface area contributed by atoms with Crippen molar-refractivity contribution in [3.8, 4) is 0 Å². The number of anilines is 1. The van der Waals surface area contributed by atoms with Gasteiger partial charge in [0.05, 0.1) is 0 Å². The minimum absolute atomic E-state index is 0.200. The first-order valence-corrected chi connectivity index (χ1v) is 6.94. The number of nitrogens with zero attached hydrogens (tertiary/aromatic N) is 1. The number of nitrogens with one attached hydrogen (secondary N) is 1. The van der Waals surface area contributed by atoms with Crippen LogP contribution in [0, 0.1) is 12.8 Å². The molecule has 6 heteroatoms. The van der Waals surface area contributed by atoms with Crippen LogP contribution in [-0.4, -0.2) is 35.7 Å². The van der Waals surface area contributed by atoms with Crippen LogP contribution in [0.2, 0.25) is 0 Å². The van der Waals surface area contributed by atoms with Crippen LogP contribution >= 0.6 is 0 Å². The Labute approximate surface area is 123 Å². The molecule has 0 bridgehead atoms. The average Bonchev–Trinajstić information content (AvgIpc) is 2.49. The first-order valence-electron chi connectivity index (χ1n) is 6.94. The minimum atomic E-state index is -0.651. The van der Waals surface area contributed by atoms with E-state index >= 15 is 0 Å². The van der Waals surface area contributed by atoms with E-state index < -0.39 is 11.8 Å². The number of carbonyl (C=O) groups is 3. The molecule has 3 amide bonds. The fourth-order valence-electron chi connectivity index (χ4n) is 2.40. The Morgan fingerprint density at radius 3 is 2.38 bits per heavy atom. The van der Waals surface area contributed by atoms with Crippen molar-refractivity contribution in [3.63, 3.8) is 0 Å². The molecule has 1 heterocycles. The maximum atomic E-state index is 12.1. The summed E-state index contributed by atoms with van der Waals surface area (Å²) in [6.07, 6.45) is 1.03. The van der Waals surface area contributed by atoms with E-state index in [1.165, 1.54) is 4.90 Å². The Hall–Kier alpha value is -2.37. The van der Waals surface area contributed by atoms with Crippen molar-refractivity contribution in [3.05, 3.63) is 29.8 Å². The normalized spacial score (nSPS) is 15.6. The third-order valence-electron chi connectivity index (χ3n) is 3.77. The fourth-order valence-corrected chi connectivity index (χ4v) is 2.40. The van der Waals surface area contributed by atoms with Crippen molar-refractivity contribution >= 4 is 23.4 Å². The molecule has 2 rings (SSSR count). The Balaban J connectivity index is 1.93. The lowest BCUT2D eigenvalue weighted by molar-refractivity contribution is -0.144. The van der Waals surface area contributed by atoms with Gasteiger partial charge in [0.1, 0.15) is 0 Å². The third kappa shape index (κ3) is 3.59. The molecule has 112 valence electrons. The number of benzene rings is 1. The summed E-state index contributed by atoms with van der Waals surface area (Å²) in [5, 5.41) is 2.62. The number of rotatable bonds is 2. The molecule has 0 spiro atoms. The van der Waals surface area contributed by atoms with E-state index in [9.17, 15) is 14.4 Å². The summed E-state index contributed by atoms with van der Waals surface area (Å²) in [5.74, 6) is -1.76. The zero-order valence-electron chi connectivity index (χ0n) is 12.0. The van der Waals surface area contributed by atoms with Gasteiger partial charge in [0.25, 0.3) is 0 Å². The molecule has 1 aliphatic rings. The van der Waals surface area contributed by atoms with Crippen LogP contribution in [0.1, 0.15) is 18.4 Å². The highest BCUT2D eigenvalue weighted by atomic mass is 16.2. The van der Waals surface area contributed by atoms with Crippen molar-refractivity contribution in [2.45, 2.75) is 19.8 Å². The minimum Gasteiger partial charge on any atom is -0.369 e. The van der Waals surface area contributed by atoms with Crippen LogP contribution < -0.4 is 11.1 Å². The fraction of sp³-hybridized carbons (Fsp3) is 0.400. The first-order chi connectivity index (χ1) is 9.99. The smallest absolute Gasteiger partial charge is 0.313 e. The molecule has 1 aromatic rings. The van der Waals surface area contributed by atoms with E-state index in [0.29, 0.717) is 31.6 Å². The van der Waals surface area contributed by atoms with Gasteiger partial charge in [-0.3, -0.25) is 14.4 Å². The van der Waals surface area contributed by atoms with E-state index in [2.05, 4.69) is 5.32 Å². The second kappa shape index (κ2) is 6.39. The van der Waals surface area contributed by atoms with Gasteiger partial charge in [-0.25, -0.2) is 0 Å². The van der Waals surface area contributed by atoms with E-state index in [4.69, 9.17) is 5.73 Å². The number of piperidine rings is 1. The summed E-state index contributed by atoms with van der Waals surface area (Å²) >= 11 is 0. The van der Waals surface area contributed by atoms with Crippen LogP contribution in [-0.2, 0) is 14.4 Å². The maximum Gasteiger partial charge on any atom is 0.313 e. The molecule has 0 radical (unpaired) electrons. The van der Waals surface area contributed by atoms with Crippen LogP contribution in [0.5, 0.6) is 0 Å². The molecule has 1 fully saturated rings. The van der Waals surface area contributed by atoms with Gasteiger partial charge in [-0.2, -0.15) is 0 Å². The van der Waals surface area contributed by atoms with Crippen molar-refractivity contribution in [1.29, 1.82) is 0 Å². The summed E-state index contributed by atoms with van der Waals surface area (Å²) in [4.78, 5) is 36.6. The zero-order valence-corrected chi connectivity index (χ0v) is 12.0. The van der Waals surface area contributed by atoms with Gasteiger partial charge in [0, 0.05) is 24.7 Å². The Morgan fingerprint density at radius 2 is 1.81 bits per heavy atom. The van der Waals surface area contributed by atoms with Crippen LogP contribution in [0.25, 0.3) is 0 Å². The van der Waals surface area contributed by atoms with Gasteiger partial charge in [-0.05, 0) is 31.4 Å². The lowest BCUT2D eigenvalue weighted by Crippen LogP contribution is -2.46. The molecule has 0 aliphatic carbocycles. The monoisotopic (exact) mass is 289 g/mol. The van der Waals surface area contributed by atoms with Gasteiger partial charge in [-0.1, -0.05) is 18.2 Å². The number of primary amides is 1. The molecule has 0 unspecified atom stereocenters. The number of nitrogens with two attached hydrogens (primary N) is 1. The molecule has 6 nitrogen and oxygen atoms in total. The van der Waals surface area contributed by atoms with Crippen molar-refractivity contribution in [2.75, 3.05) is 18.4 Å². The van der Waals surface area contributed by atoms with Gasteiger partial charge in [0.2, 0.25) is 5.91 Å². The van der Waals surface area contributed by atoms with E-state index in [1.807, 2.05) is 19.1 Å². The molecule has 0 saturated carbocycles. The zero-order chi connectivity index (χ0) is 15.4. The van der Waals surface area contributed by atoms with Gasteiger partial charge in [0.15, 0.2) is 0 Å². The number of likely N-dealkylation sites (tertiary alicyclic amines) is 1. The number of hydrogen-bond donors (Lipinski definition) is 2. The number of hydrogen-bond acceptors (Lipinski definition) is 3. The maximum absolute atomic E-state index is 12.1. The molecule has 3 N–H and O–H groups in total. The van der Waals surface area contributed by atoms with Gasteiger partial charge in [-0.15, -0.1) is 0 Å². The Morgan fingerprint density at radius 1 is 1.19 bits per heavy atom. The molecule has 1 aromatic carbocycles. The van der Waals surface area contributed by atoms with E-state index in [0.717, 1.165) is 5.56 Å². The first kappa shape index (κ1) is 15.0. The van der Waals surface area contributed by atoms with Crippen LogP contribution in [0.4, 0.5) is 5.69 Å². The topological polar surface area (TPSA) is 92.5 Å². The molecule has 0 atom stereocenters. The highest BCUT2D eigenvalue weighted by Crippen LogP contribution is 2.18. The second-order valence-corrected chi connectivity index (χ2v) is 5.24.